The maximum absolute atomic E-state index is 11.4. The molecule has 0 saturated carbocycles. The Hall–Kier alpha value is -2.31. The molecule has 27 heavy (non-hydrogen) atoms. The van der Waals surface area contributed by atoms with Crippen LogP contribution in [0.4, 0.5) is 0 Å². The Morgan fingerprint density at radius 1 is 1.22 bits per heavy atom. The summed E-state index contributed by atoms with van der Waals surface area (Å²) in [4.78, 5) is 11.4. The van der Waals surface area contributed by atoms with Crippen LogP contribution < -0.4 is 4.74 Å². The van der Waals surface area contributed by atoms with E-state index >= 15 is 0 Å². The lowest BCUT2D eigenvalue weighted by molar-refractivity contribution is -0.144. The van der Waals surface area contributed by atoms with Gasteiger partial charge in [0, 0.05) is 33.2 Å². The molecule has 0 saturated heterocycles. The largest absolute Gasteiger partial charge is 0.497 e. The normalized spacial score (nSPS) is 13.5. The average Bonchev–Trinajstić information content (AvgIpc) is 2.93. The van der Waals surface area contributed by atoms with Crippen LogP contribution in [0.1, 0.15) is 29.8 Å². The molecule has 2 atom stereocenters. The molecule has 0 radical (unpaired) electrons. The third kappa shape index (κ3) is 3.73. The minimum atomic E-state index is -1.11. The Bertz CT molecular complexity index is 978. The van der Waals surface area contributed by atoms with Gasteiger partial charge in [-0.3, -0.25) is 4.79 Å². The van der Waals surface area contributed by atoms with Crippen LogP contribution in [0.5, 0.6) is 5.75 Å². The van der Waals surface area contributed by atoms with E-state index in [0.717, 1.165) is 26.6 Å². The lowest BCUT2D eigenvalue weighted by Gasteiger charge is -2.16. The zero-order chi connectivity index (χ0) is 19.7. The first-order valence-electron chi connectivity index (χ1n) is 8.65. The molecule has 6 heteroatoms. The molecule has 0 aliphatic heterocycles. The molecule has 5 nitrogen and oxygen atoms in total. The van der Waals surface area contributed by atoms with Crippen LogP contribution in [0.15, 0.2) is 46.9 Å². The molecule has 3 aromatic rings. The third-order valence-corrected chi connectivity index (χ3v) is 5.52. The van der Waals surface area contributed by atoms with Crippen molar-refractivity contribution in [3.8, 4) is 5.75 Å². The van der Waals surface area contributed by atoms with Gasteiger partial charge in [0.05, 0.1) is 19.1 Å². The predicted molar refractivity (Wildman–Crippen MR) is 108 cm³/mol. The Morgan fingerprint density at radius 2 is 1.89 bits per heavy atom. The topological polar surface area (TPSA) is 71.7 Å². The second-order valence-corrected chi connectivity index (χ2v) is 7.58. The number of fused-ring (bicyclic) bond motifs is 1. The van der Waals surface area contributed by atoms with Crippen molar-refractivity contribution in [2.75, 3.05) is 7.11 Å². The SMILES string of the molecule is COc1ccc2c(c1)c(C(O)C(C)C(=O)O)c(C)n2Cc1ccc(Br)cc1. The van der Waals surface area contributed by atoms with Gasteiger partial charge in [0.1, 0.15) is 5.75 Å². The van der Waals surface area contributed by atoms with Gasteiger partial charge in [0.2, 0.25) is 0 Å². The van der Waals surface area contributed by atoms with E-state index in [1.54, 1.807) is 7.11 Å². The standard InChI is InChI=1S/C21H22BrNO4/c1-12(21(25)26)20(24)19-13(2)23(11-14-4-6-15(22)7-5-14)18-9-8-16(27-3)10-17(18)19/h4-10,12,20,24H,11H2,1-3H3,(H,25,26). The molecule has 0 amide bonds. The smallest absolute Gasteiger partial charge is 0.309 e. The molecule has 0 bridgehead atoms. The quantitative estimate of drug-likeness (QED) is 0.601. The number of carboxylic acid groups (broad SMARTS) is 1. The summed E-state index contributed by atoms with van der Waals surface area (Å²) in [5, 5.41) is 20.9. The number of ether oxygens (including phenoxy) is 1. The predicted octanol–water partition coefficient (Wildman–Crippen LogP) is 4.52. The molecular weight excluding hydrogens is 410 g/mol. The lowest BCUT2D eigenvalue weighted by atomic mass is 9.95. The fourth-order valence-electron chi connectivity index (χ4n) is 3.35. The number of aliphatic hydroxyl groups is 1. The highest BCUT2D eigenvalue weighted by atomic mass is 79.9. The van der Waals surface area contributed by atoms with E-state index in [4.69, 9.17) is 4.74 Å². The second kappa shape index (κ2) is 7.74. The number of hydrogen-bond donors (Lipinski definition) is 2. The number of methoxy groups -OCH3 is 1. The van der Waals surface area contributed by atoms with E-state index in [1.807, 2.05) is 49.4 Å². The van der Waals surface area contributed by atoms with Crippen molar-refractivity contribution in [3.63, 3.8) is 0 Å². The molecule has 142 valence electrons. The lowest BCUT2D eigenvalue weighted by Crippen LogP contribution is -2.19. The van der Waals surface area contributed by atoms with Gasteiger partial charge in [-0.25, -0.2) is 0 Å². The minimum Gasteiger partial charge on any atom is -0.497 e. The Morgan fingerprint density at radius 3 is 2.48 bits per heavy atom. The Kier molecular flexibility index (Phi) is 5.58. The maximum Gasteiger partial charge on any atom is 0.309 e. The summed E-state index contributed by atoms with van der Waals surface area (Å²) in [6.45, 7) is 4.05. The van der Waals surface area contributed by atoms with Crippen LogP contribution in [0, 0.1) is 12.8 Å². The van der Waals surface area contributed by atoms with Gasteiger partial charge in [0.25, 0.3) is 0 Å². The molecule has 1 heterocycles. The van der Waals surface area contributed by atoms with E-state index in [0.29, 0.717) is 17.9 Å². The van der Waals surface area contributed by atoms with Gasteiger partial charge < -0.3 is 19.5 Å². The fraction of sp³-hybridized carbons (Fsp3) is 0.286. The number of halogens is 1. The molecule has 0 fully saturated rings. The highest BCUT2D eigenvalue weighted by Gasteiger charge is 2.28. The van der Waals surface area contributed by atoms with Crippen molar-refractivity contribution >= 4 is 32.8 Å². The van der Waals surface area contributed by atoms with Gasteiger partial charge in [0.15, 0.2) is 0 Å². The molecular formula is C21H22BrNO4. The number of benzene rings is 2. The Labute approximate surface area is 166 Å². The third-order valence-electron chi connectivity index (χ3n) is 4.99. The van der Waals surface area contributed by atoms with E-state index in [1.165, 1.54) is 6.92 Å². The highest BCUT2D eigenvalue weighted by molar-refractivity contribution is 9.10. The van der Waals surface area contributed by atoms with Gasteiger partial charge in [-0.1, -0.05) is 28.1 Å². The van der Waals surface area contributed by atoms with Crippen LogP contribution in [0.25, 0.3) is 10.9 Å². The number of nitrogens with zero attached hydrogens (tertiary/aromatic N) is 1. The van der Waals surface area contributed by atoms with Crippen LogP contribution in [0.2, 0.25) is 0 Å². The van der Waals surface area contributed by atoms with Crippen molar-refractivity contribution < 1.29 is 19.7 Å². The molecule has 1 aromatic heterocycles. The maximum atomic E-state index is 11.4. The first-order valence-corrected chi connectivity index (χ1v) is 9.44. The summed E-state index contributed by atoms with van der Waals surface area (Å²) >= 11 is 3.44. The molecule has 0 spiro atoms. The van der Waals surface area contributed by atoms with Crippen molar-refractivity contribution in [1.29, 1.82) is 0 Å². The Balaban J connectivity index is 2.17. The van der Waals surface area contributed by atoms with Gasteiger partial charge in [-0.05, 0) is 49.7 Å². The highest BCUT2D eigenvalue weighted by Crippen LogP contribution is 2.36. The van der Waals surface area contributed by atoms with Crippen molar-refractivity contribution in [1.82, 2.24) is 4.57 Å². The van der Waals surface area contributed by atoms with Crippen molar-refractivity contribution in [2.45, 2.75) is 26.5 Å². The molecule has 3 rings (SSSR count). The number of rotatable bonds is 6. The minimum absolute atomic E-state index is 0.621. The van der Waals surface area contributed by atoms with Crippen LogP contribution in [-0.4, -0.2) is 27.9 Å². The van der Waals surface area contributed by atoms with Crippen LogP contribution in [0.3, 0.4) is 0 Å². The van der Waals surface area contributed by atoms with Crippen molar-refractivity contribution in [2.24, 2.45) is 5.92 Å². The van der Waals surface area contributed by atoms with E-state index < -0.39 is 18.0 Å². The summed E-state index contributed by atoms with van der Waals surface area (Å²) in [6, 6.07) is 13.7. The number of hydrogen-bond acceptors (Lipinski definition) is 3. The summed E-state index contributed by atoms with van der Waals surface area (Å²) in [5.74, 6) is -1.28. The number of carbonyl (C=O) groups is 1. The average molecular weight is 432 g/mol. The number of carboxylic acids is 1. The first-order chi connectivity index (χ1) is 12.8. The first kappa shape index (κ1) is 19.5. The van der Waals surface area contributed by atoms with Crippen LogP contribution >= 0.6 is 15.9 Å². The van der Waals surface area contributed by atoms with Gasteiger partial charge in [-0.2, -0.15) is 0 Å². The number of aliphatic carboxylic acids is 1. The van der Waals surface area contributed by atoms with Crippen LogP contribution in [-0.2, 0) is 11.3 Å². The summed E-state index contributed by atoms with van der Waals surface area (Å²) < 4.78 is 8.45. The molecule has 2 unspecified atom stereocenters. The van der Waals surface area contributed by atoms with E-state index in [2.05, 4.69) is 20.5 Å². The zero-order valence-corrected chi connectivity index (χ0v) is 17.0. The zero-order valence-electron chi connectivity index (χ0n) is 15.4. The monoisotopic (exact) mass is 431 g/mol. The molecule has 0 aliphatic carbocycles. The molecule has 2 aromatic carbocycles. The number of aromatic nitrogens is 1. The second-order valence-electron chi connectivity index (χ2n) is 6.67. The number of aliphatic hydroxyl groups excluding tert-OH is 1. The summed E-state index contributed by atoms with van der Waals surface area (Å²) in [5.41, 5.74) is 3.53. The summed E-state index contributed by atoms with van der Waals surface area (Å²) in [7, 11) is 1.59. The molecule has 0 aliphatic rings. The van der Waals surface area contributed by atoms with E-state index in [-0.39, 0.29) is 0 Å². The van der Waals surface area contributed by atoms with Gasteiger partial charge >= 0.3 is 5.97 Å². The fourth-order valence-corrected chi connectivity index (χ4v) is 3.61. The van der Waals surface area contributed by atoms with Crippen molar-refractivity contribution in [3.05, 3.63) is 63.8 Å². The molecule has 2 N–H and O–H groups in total. The van der Waals surface area contributed by atoms with Gasteiger partial charge in [-0.15, -0.1) is 0 Å². The summed E-state index contributed by atoms with van der Waals surface area (Å²) in [6.07, 6.45) is -1.11. The van der Waals surface area contributed by atoms with E-state index in [9.17, 15) is 15.0 Å².